The van der Waals surface area contributed by atoms with Crippen molar-refractivity contribution in [2.75, 3.05) is 11.1 Å². The summed E-state index contributed by atoms with van der Waals surface area (Å²) in [6.07, 6.45) is 1.76. The van der Waals surface area contributed by atoms with Crippen LogP contribution >= 0.6 is 27.7 Å². The van der Waals surface area contributed by atoms with Gasteiger partial charge in [0.25, 0.3) is 5.91 Å². The van der Waals surface area contributed by atoms with Gasteiger partial charge in [-0.1, -0.05) is 79.2 Å². The summed E-state index contributed by atoms with van der Waals surface area (Å²) in [4.78, 5) is 25.8. The Labute approximate surface area is 231 Å². The number of hydrogen-bond acceptors (Lipinski definition) is 5. The van der Waals surface area contributed by atoms with Crippen LogP contribution in [0, 0.1) is 12.8 Å². The zero-order valence-electron chi connectivity index (χ0n) is 21.9. The summed E-state index contributed by atoms with van der Waals surface area (Å²) in [6.45, 7) is 14.5. The Hall–Kier alpha value is -2.91. The fourth-order valence-electron chi connectivity index (χ4n) is 3.92. The number of amides is 2. The lowest BCUT2D eigenvalue weighted by molar-refractivity contribution is -0.113. The molecule has 0 unspecified atom stereocenters. The van der Waals surface area contributed by atoms with Crippen molar-refractivity contribution in [3.8, 4) is 0 Å². The predicted octanol–water partition coefficient (Wildman–Crippen LogP) is 6.52. The molecule has 7 nitrogen and oxygen atoms in total. The number of thioether (sulfide) groups is 1. The van der Waals surface area contributed by atoms with E-state index < -0.39 is 0 Å². The number of anilines is 1. The highest BCUT2D eigenvalue weighted by molar-refractivity contribution is 9.10. The van der Waals surface area contributed by atoms with E-state index in [4.69, 9.17) is 0 Å². The van der Waals surface area contributed by atoms with Gasteiger partial charge in [-0.3, -0.25) is 9.59 Å². The van der Waals surface area contributed by atoms with Crippen LogP contribution in [0.25, 0.3) is 0 Å². The third-order valence-corrected chi connectivity index (χ3v) is 7.27. The fourth-order valence-corrected chi connectivity index (χ4v) is 5.05. The number of aryl methyl sites for hydroxylation is 1. The second kappa shape index (κ2) is 13.1. The van der Waals surface area contributed by atoms with Gasteiger partial charge in [-0.2, -0.15) is 0 Å². The Kier molecular flexibility index (Phi) is 10.1. The topological polar surface area (TPSA) is 88.9 Å². The van der Waals surface area contributed by atoms with Crippen molar-refractivity contribution in [3.63, 3.8) is 0 Å². The average Bonchev–Trinajstić information content (AvgIpc) is 3.24. The van der Waals surface area contributed by atoms with Crippen LogP contribution in [0.15, 0.2) is 64.7 Å². The molecule has 0 fully saturated rings. The first-order valence-electron chi connectivity index (χ1n) is 12.2. The third kappa shape index (κ3) is 7.55. The number of aromatic nitrogens is 3. The molecule has 1 atom stereocenters. The highest BCUT2D eigenvalue weighted by Crippen LogP contribution is 2.29. The summed E-state index contributed by atoms with van der Waals surface area (Å²) in [7, 11) is 0. The molecule has 0 saturated heterocycles. The fraction of sp³-hybridized carbons (Fsp3) is 0.357. The SMILES string of the molecule is C=CCn1c(SCC(=O)Nc2ccc(Br)cc2C(C)C)nnc1[C@H](NC(=O)c1cccc(C)c1)C(C)C. The number of benzene rings is 2. The van der Waals surface area contributed by atoms with Gasteiger partial charge in [-0.15, -0.1) is 16.8 Å². The molecule has 0 aliphatic heterocycles. The minimum atomic E-state index is -0.361. The summed E-state index contributed by atoms with van der Waals surface area (Å²) < 4.78 is 2.88. The average molecular weight is 585 g/mol. The third-order valence-electron chi connectivity index (χ3n) is 5.81. The maximum atomic E-state index is 13.0. The quantitative estimate of drug-likeness (QED) is 0.198. The van der Waals surface area contributed by atoms with Crippen LogP contribution in [0.4, 0.5) is 5.69 Å². The minimum absolute atomic E-state index is 0.0644. The first kappa shape index (κ1) is 28.7. The van der Waals surface area contributed by atoms with Gasteiger partial charge in [0.2, 0.25) is 5.91 Å². The van der Waals surface area contributed by atoms with E-state index in [1.807, 2.05) is 61.7 Å². The monoisotopic (exact) mass is 583 g/mol. The lowest BCUT2D eigenvalue weighted by Crippen LogP contribution is -2.34. The van der Waals surface area contributed by atoms with Gasteiger partial charge in [0.15, 0.2) is 11.0 Å². The summed E-state index contributed by atoms with van der Waals surface area (Å²) >= 11 is 4.81. The molecule has 1 heterocycles. The van der Waals surface area contributed by atoms with Crippen LogP contribution in [0.5, 0.6) is 0 Å². The zero-order chi connectivity index (χ0) is 27.1. The van der Waals surface area contributed by atoms with Crippen molar-refractivity contribution in [2.24, 2.45) is 5.92 Å². The predicted molar refractivity (Wildman–Crippen MR) is 154 cm³/mol. The Balaban J connectivity index is 1.77. The number of nitrogens with zero attached hydrogens (tertiary/aromatic N) is 3. The first-order valence-corrected chi connectivity index (χ1v) is 14.0. The molecule has 0 bridgehead atoms. The molecule has 2 amide bonds. The summed E-state index contributed by atoms with van der Waals surface area (Å²) in [6, 6.07) is 13.0. The van der Waals surface area contributed by atoms with Gasteiger partial charge in [-0.05, 0) is 54.7 Å². The van der Waals surface area contributed by atoms with E-state index in [-0.39, 0.29) is 35.4 Å². The minimum Gasteiger partial charge on any atom is -0.342 e. The van der Waals surface area contributed by atoms with Crippen molar-refractivity contribution < 1.29 is 9.59 Å². The highest BCUT2D eigenvalue weighted by Gasteiger charge is 2.26. The van der Waals surface area contributed by atoms with Gasteiger partial charge in [0, 0.05) is 22.3 Å². The number of hydrogen-bond donors (Lipinski definition) is 2. The van der Waals surface area contributed by atoms with Crippen LogP contribution in [-0.4, -0.2) is 32.3 Å². The summed E-state index contributed by atoms with van der Waals surface area (Å²) in [5, 5.41) is 15.5. The van der Waals surface area contributed by atoms with Crippen molar-refractivity contribution in [1.82, 2.24) is 20.1 Å². The molecule has 37 heavy (non-hydrogen) atoms. The van der Waals surface area contributed by atoms with Gasteiger partial charge in [-0.25, -0.2) is 0 Å². The maximum absolute atomic E-state index is 13.0. The van der Waals surface area contributed by atoms with E-state index in [0.717, 1.165) is 21.3 Å². The highest BCUT2D eigenvalue weighted by atomic mass is 79.9. The molecule has 2 aromatic carbocycles. The Morgan fingerprint density at radius 2 is 1.89 bits per heavy atom. The molecule has 0 aliphatic carbocycles. The number of halogens is 1. The maximum Gasteiger partial charge on any atom is 0.251 e. The van der Waals surface area contributed by atoms with Gasteiger partial charge in [0.05, 0.1) is 11.8 Å². The van der Waals surface area contributed by atoms with E-state index >= 15 is 0 Å². The van der Waals surface area contributed by atoms with E-state index in [0.29, 0.717) is 23.1 Å². The lowest BCUT2D eigenvalue weighted by atomic mass is 10.0. The molecule has 3 rings (SSSR count). The van der Waals surface area contributed by atoms with Crippen molar-refractivity contribution in [2.45, 2.75) is 58.3 Å². The zero-order valence-corrected chi connectivity index (χ0v) is 24.3. The molecule has 0 saturated carbocycles. The van der Waals surface area contributed by atoms with Gasteiger partial charge < -0.3 is 15.2 Å². The van der Waals surface area contributed by atoms with E-state index in [2.05, 4.69) is 57.2 Å². The standard InChI is InChI=1S/C28H34BrN5O2S/c1-7-13-34-26(25(18(4)5)31-27(36)20-10-8-9-19(6)14-20)32-33-28(34)37-16-24(35)30-23-12-11-21(29)15-22(23)17(2)3/h7-12,14-15,17-18,25H,1,13,16H2,2-6H3,(H,30,35)(H,31,36)/t25-/m1/s1. The molecule has 1 aromatic heterocycles. The van der Waals surface area contributed by atoms with Gasteiger partial charge in [0.1, 0.15) is 0 Å². The molecule has 0 radical (unpaired) electrons. The largest absolute Gasteiger partial charge is 0.342 e. The normalized spacial score (nSPS) is 12.0. The second-order valence-electron chi connectivity index (χ2n) is 9.53. The molecular weight excluding hydrogens is 550 g/mol. The van der Waals surface area contributed by atoms with E-state index in [9.17, 15) is 9.59 Å². The number of nitrogens with one attached hydrogen (secondary N) is 2. The van der Waals surface area contributed by atoms with Crippen LogP contribution in [0.1, 0.15) is 67.0 Å². The molecule has 9 heteroatoms. The van der Waals surface area contributed by atoms with Crippen LogP contribution in [-0.2, 0) is 11.3 Å². The van der Waals surface area contributed by atoms with Crippen molar-refractivity contribution in [1.29, 1.82) is 0 Å². The molecule has 2 N–H and O–H groups in total. The summed E-state index contributed by atoms with van der Waals surface area (Å²) in [5.74, 6) is 0.840. The molecule has 3 aromatic rings. The second-order valence-corrected chi connectivity index (χ2v) is 11.4. The van der Waals surface area contributed by atoms with Crippen LogP contribution in [0.2, 0.25) is 0 Å². The summed E-state index contributed by atoms with van der Waals surface area (Å²) in [5.41, 5.74) is 3.48. The van der Waals surface area contributed by atoms with Crippen molar-refractivity contribution >= 4 is 45.2 Å². The Morgan fingerprint density at radius 1 is 1.14 bits per heavy atom. The number of rotatable bonds is 11. The molecule has 196 valence electrons. The smallest absolute Gasteiger partial charge is 0.251 e. The van der Waals surface area contributed by atoms with Crippen LogP contribution in [0.3, 0.4) is 0 Å². The van der Waals surface area contributed by atoms with E-state index in [1.54, 1.807) is 12.1 Å². The lowest BCUT2D eigenvalue weighted by Gasteiger charge is -2.22. The first-order chi connectivity index (χ1) is 17.6. The number of carbonyl (C=O) groups is 2. The number of allylic oxidation sites excluding steroid dienone is 1. The van der Waals surface area contributed by atoms with E-state index in [1.165, 1.54) is 11.8 Å². The number of carbonyl (C=O) groups excluding carboxylic acids is 2. The molecule has 0 spiro atoms. The van der Waals surface area contributed by atoms with Crippen LogP contribution < -0.4 is 10.6 Å². The molecular formula is C28H34BrN5O2S. The van der Waals surface area contributed by atoms with Crippen molar-refractivity contribution in [3.05, 3.63) is 82.1 Å². The Morgan fingerprint density at radius 3 is 2.54 bits per heavy atom. The Bertz CT molecular complexity index is 1270. The van der Waals surface area contributed by atoms with Gasteiger partial charge >= 0.3 is 0 Å². The molecule has 0 aliphatic rings.